The van der Waals surface area contributed by atoms with Gasteiger partial charge in [-0.2, -0.15) is 0 Å². The van der Waals surface area contributed by atoms with Crippen molar-refractivity contribution in [2.24, 2.45) is 17.8 Å². The maximum absolute atomic E-state index is 13.8. The van der Waals surface area contributed by atoms with Crippen LogP contribution < -0.4 is 4.74 Å². The van der Waals surface area contributed by atoms with E-state index >= 15 is 0 Å². The summed E-state index contributed by atoms with van der Waals surface area (Å²) in [4.78, 5) is 45.8. The molecule has 290 valence electrons. The van der Waals surface area contributed by atoms with E-state index in [2.05, 4.69) is 29.2 Å². The van der Waals surface area contributed by atoms with Crippen molar-refractivity contribution in [3.63, 3.8) is 0 Å². The number of hydrogen-bond donors (Lipinski definition) is 1. The molecule has 3 aromatic rings. The lowest BCUT2D eigenvalue weighted by Gasteiger charge is -2.37. The predicted molar refractivity (Wildman–Crippen MR) is 207 cm³/mol. The first-order chi connectivity index (χ1) is 26.0. The number of nitrogens with zero attached hydrogens (tertiary/aromatic N) is 3. The molecule has 0 radical (unpaired) electrons. The van der Waals surface area contributed by atoms with Gasteiger partial charge in [-0.15, -0.1) is 0 Å². The molecule has 0 saturated carbocycles. The predicted octanol–water partition coefficient (Wildman–Crippen LogP) is 6.64. The number of hydrogen-bond acceptors (Lipinski definition) is 8. The third-order valence-corrected chi connectivity index (χ3v) is 11.1. The monoisotopic (exact) mass is 739 g/mol. The van der Waals surface area contributed by atoms with E-state index in [0.29, 0.717) is 62.5 Å². The number of carbonyl (C=O) groups excluding carboxylic acids is 3. The van der Waals surface area contributed by atoms with Crippen LogP contribution in [0.15, 0.2) is 84.9 Å². The summed E-state index contributed by atoms with van der Waals surface area (Å²) >= 11 is 0. The van der Waals surface area contributed by atoms with Crippen molar-refractivity contribution in [2.45, 2.75) is 77.0 Å². The van der Waals surface area contributed by atoms with Crippen LogP contribution in [0.4, 0.5) is 4.79 Å². The van der Waals surface area contributed by atoms with Crippen LogP contribution in [0.25, 0.3) is 0 Å². The zero-order valence-corrected chi connectivity index (χ0v) is 32.2. The minimum atomic E-state index is -2.00. The van der Waals surface area contributed by atoms with Crippen LogP contribution in [0.2, 0.25) is 0 Å². The third kappa shape index (κ3) is 10.2. The lowest BCUT2D eigenvalue weighted by molar-refractivity contribution is -0.164. The van der Waals surface area contributed by atoms with Crippen LogP contribution in [-0.4, -0.2) is 95.9 Å². The van der Waals surface area contributed by atoms with Crippen molar-refractivity contribution in [3.05, 3.63) is 102 Å². The maximum atomic E-state index is 13.8. The SMILES string of the molecule is CC(C)(C)OC(=O)N1CCC(C(=O)N2CCC(COc3cccc(C(O)(C(=O)OCC4CCN(Cc5ccccc5)CC4)c4ccccc4)c3)CC2)CC1. The van der Waals surface area contributed by atoms with Crippen molar-refractivity contribution < 1.29 is 33.7 Å². The van der Waals surface area contributed by atoms with E-state index < -0.39 is 17.2 Å². The zero-order valence-electron chi connectivity index (χ0n) is 32.2. The van der Waals surface area contributed by atoms with Crippen LogP contribution in [-0.2, 0) is 31.2 Å². The number of likely N-dealkylation sites (tertiary alicyclic amines) is 3. The van der Waals surface area contributed by atoms with Gasteiger partial charge in [-0.3, -0.25) is 9.69 Å². The van der Waals surface area contributed by atoms with Crippen molar-refractivity contribution in [2.75, 3.05) is 52.5 Å². The van der Waals surface area contributed by atoms with Gasteiger partial charge in [0.05, 0.1) is 13.2 Å². The molecular weight excluding hydrogens is 682 g/mol. The largest absolute Gasteiger partial charge is 0.493 e. The average Bonchev–Trinajstić information content (AvgIpc) is 3.19. The lowest BCUT2D eigenvalue weighted by atomic mass is 9.86. The van der Waals surface area contributed by atoms with E-state index in [-0.39, 0.29) is 36.4 Å². The summed E-state index contributed by atoms with van der Waals surface area (Å²) < 4.78 is 17.7. The van der Waals surface area contributed by atoms with Crippen LogP contribution in [0.5, 0.6) is 5.75 Å². The molecule has 3 aromatic carbocycles. The topological polar surface area (TPSA) is 109 Å². The summed E-state index contributed by atoms with van der Waals surface area (Å²) in [5, 5.41) is 12.2. The van der Waals surface area contributed by atoms with Gasteiger partial charge in [0, 0.05) is 44.2 Å². The summed E-state index contributed by atoms with van der Waals surface area (Å²) in [6.45, 7) is 11.5. The molecule has 6 rings (SSSR count). The summed E-state index contributed by atoms with van der Waals surface area (Å²) in [6.07, 6.45) is 4.49. The second-order valence-electron chi connectivity index (χ2n) is 16.2. The number of aliphatic hydroxyl groups is 1. The number of rotatable bonds is 11. The Kier molecular flexibility index (Phi) is 13.0. The molecule has 3 saturated heterocycles. The number of amides is 2. The molecule has 3 aliphatic rings. The highest BCUT2D eigenvalue weighted by Crippen LogP contribution is 2.34. The van der Waals surface area contributed by atoms with E-state index in [1.165, 1.54) is 5.56 Å². The number of esters is 1. The number of carbonyl (C=O) groups is 3. The molecule has 3 heterocycles. The highest BCUT2D eigenvalue weighted by molar-refractivity contribution is 5.85. The van der Waals surface area contributed by atoms with Crippen LogP contribution in [0.1, 0.15) is 76.0 Å². The second-order valence-corrected chi connectivity index (χ2v) is 16.2. The van der Waals surface area contributed by atoms with Crippen molar-refractivity contribution in [1.29, 1.82) is 0 Å². The number of benzene rings is 3. The van der Waals surface area contributed by atoms with Gasteiger partial charge in [0.15, 0.2) is 0 Å². The van der Waals surface area contributed by atoms with Gasteiger partial charge in [0.1, 0.15) is 11.4 Å². The fraction of sp³-hybridized carbons (Fsp3) is 0.523. The normalized spacial score (nSPS) is 19.2. The first-order valence-electron chi connectivity index (χ1n) is 19.7. The van der Waals surface area contributed by atoms with Gasteiger partial charge < -0.3 is 29.1 Å². The molecule has 10 nitrogen and oxygen atoms in total. The molecule has 10 heteroatoms. The Balaban J connectivity index is 0.989. The Morgan fingerprint density at radius 3 is 1.91 bits per heavy atom. The molecular formula is C44H57N3O7. The molecule has 3 fully saturated rings. The number of piperidine rings is 3. The van der Waals surface area contributed by atoms with Crippen LogP contribution in [0, 0.1) is 17.8 Å². The Morgan fingerprint density at radius 1 is 0.685 bits per heavy atom. The Hall–Kier alpha value is -4.41. The van der Waals surface area contributed by atoms with E-state index in [9.17, 15) is 19.5 Å². The summed E-state index contributed by atoms with van der Waals surface area (Å²) in [7, 11) is 0. The van der Waals surface area contributed by atoms with Gasteiger partial charge in [0.25, 0.3) is 0 Å². The molecule has 0 bridgehead atoms. The van der Waals surface area contributed by atoms with Crippen LogP contribution in [0.3, 0.4) is 0 Å². The van der Waals surface area contributed by atoms with Crippen molar-refractivity contribution >= 4 is 18.0 Å². The smallest absolute Gasteiger partial charge is 0.410 e. The molecule has 54 heavy (non-hydrogen) atoms. The first-order valence-corrected chi connectivity index (χ1v) is 19.7. The summed E-state index contributed by atoms with van der Waals surface area (Å²) in [5.74, 6) is 0.470. The molecule has 3 aliphatic heterocycles. The van der Waals surface area contributed by atoms with E-state index in [4.69, 9.17) is 14.2 Å². The van der Waals surface area contributed by atoms with Crippen molar-refractivity contribution in [3.8, 4) is 5.75 Å². The molecule has 1 N–H and O–H groups in total. The number of ether oxygens (including phenoxy) is 3. The third-order valence-electron chi connectivity index (χ3n) is 11.1. The van der Waals surface area contributed by atoms with Gasteiger partial charge in [-0.1, -0.05) is 72.8 Å². The molecule has 1 atom stereocenters. The first kappa shape index (κ1) is 39.3. The molecule has 0 aliphatic carbocycles. The van der Waals surface area contributed by atoms with Crippen LogP contribution >= 0.6 is 0 Å². The molecule has 1 unspecified atom stereocenters. The van der Waals surface area contributed by atoms with E-state index in [0.717, 1.165) is 45.3 Å². The van der Waals surface area contributed by atoms with Gasteiger partial charge in [-0.05, 0) is 107 Å². The highest BCUT2D eigenvalue weighted by Gasteiger charge is 2.42. The lowest BCUT2D eigenvalue weighted by Crippen LogP contribution is -2.47. The Morgan fingerprint density at radius 2 is 1.26 bits per heavy atom. The Labute approximate surface area is 320 Å². The summed E-state index contributed by atoms with van der Waals surface area (Å²) in [6, 6.07) is 26.5. The van der Waals surface area contributed by atoms with E-state index in [1.807, 2.05) is 43.9 Å². The molecule has 0 spiro atoms. The minimum absolute atomic E-state index is 0.0766. The fourth-order valence-corrected chi connectivity index (χ4v) is 7.77. The maximum Gasteiger partial charge on any atom is 0.410 e. The standard InChI is InChI=1S/C44H57N3O7/c1-43(2,3)54-42(50)47-27-21-36(22-28-47)40(48)46-25-19-35(20-26-46)31-52-39-16-10-15-38(29-39)44(51,37-13-8-5-9-14-37)41(49)53-32-34-17-23-45(24-18-34)30-33-11-6-4-7-12-33/h4-16,29,34-36,51H,17-28,30-32H2,1-3H3. The fourth-order valence-electron chi connectivity index (χ4n) is 7.77. The average molecular weight is 740 g/mol. The zero-order chi connectivity index (χ0) is 38.1. The molecule has 0 aromatic heterocycles. The Bertz CT molecular complexity index is 1670. The molecule has 2 amide bonds. The van der Waals surface area contributed by atoms with Gasteiger partial charge in [-0.25, -0.2) is 9.59 Å². The van der Waals surface area contributed by atoms with E-state index in [1.54, 1.807) is 47.4 Å². The van der Waals surface area contributed by atoms with Gasteiger partial charge in [0.2, 0.25) is 11.5 Å². The van der Waals surface area contributed by atoms with Crippen molar-refractivity contribution in [1.82, 2.24) is 14.7 Å². The highest BCUT2D eigenvalue weighted by atomic mass is 16.6. The second kappa shape index (κ2) is 17.8. The minimum Gasteiger partial charge on any atom is -0.493 e. The summed E-state index contributed by atoms with van der Waals surface area (Å²) in [5.41, 5.74) is -0.403. The quantitative estimate of drug-likeness (QED) is 0.218. The van der Waals surface area contributed by atoms with Gasteiger partial charge >= 0.3 is 12.1 Å².